The zero-order chi connectivity index (χ0) is 15.4. The maximum absolute atomic E-state index is 6.01. The van der Waals surface area contributed by atoms with Gasteiger partial charge < -0.3 is 5.32 Å². The van der Waals surface area contributed by atoms with Crippen molar-refractivity contribution in [2.75, 3.05) is 6.54 Å². The fourth-order valence-corrected chi connectivity index (χ4v) is 3.41. The van der Waals surface area contributed by atoms with E-state index >= 15 is 0 Å². The molecule has 4 heteroatoms. The first-order valence-electron chi connectivity index (χ1n) is 6.97. The van der Waals surface area contributed by atoms with Crippen LogP contribution in [-0.4, -0.2) is 6.54 Å². The molecule has 0 aliphatic carbocycles. The van der Waals surface area contributed by atoms with Gasteiger partial charge in [0.2, 0.25) is 0 Å². The van der Waals surface area contributed by atoms with E-state index in [9.17, 15) is 0 Å². The number of halogens is 3. The van der Waals surface area contributed by atoms with Crippen molar-refractivity contribution in [3.63, 3.8) is 0 Å². The summed E-state index contributed by atoms with van der Waals surface area (Å²) >= 11 is 13.3. The summed E-state index contributed by atoms with van der Waals surface area (Å²) in [5.74, 6) is 0. The van der Waals surface area contributed by atoms with E-state index in [-0.39, 0.29) is 6.04 Å². The van der Waals surface area contributed by atoms with Gasteiger partial charge in [0.1, 0.15) is 0 Å². The van der Waals surface area contributed by atoms with Crippen molar-refractivity contribution in [1.29, 1.82) is 0 Å². The topological polar surface area (TPSA) is 12.0 Å². The SMILES string of the molecule is CCCNC(c1ccc(Cl)cc1)c1cc(Br)c(C)cc1Br. The smallest absolute Gasteiger partial charge is 0.0588 e. The highest BCUT2D eigenvalue weighted by Crippen LogP contribution is 2.33. The first-order valence-corrected chi connectivity index (χ1v) is 8.93. The first-order chi connectivity index (χ1) is 10.0. The minimum atomic E-state index is 0.147. The van der Waals surface area contributed by atoms with Gasteiger partial charge >= 0.3 is 0 Å². The van der Waals surface area contributed by atoms with Crippen molar-refractivity contribution < 1.29 is 0 Å². The lowest BCUT2D eigenvalue weighted by Gasteiger charge is -2.22. The van der Waals surface area contributed by atoms with Crippen LogP contribution >= 0.6 is 43.5 Å². The maximum Gasteiger partial charge on any atom is 0.0588 e. The molecular formula is C17H18Br2ClN. The minimum absolute atomic E-state index is 0.147. The molecule has 0 aromatic heterocycles. The van der Waals surface area contributed by atoms with Gasteiger partial charge in [0.05, 0.1) is 6.04 Å². The Labute approximate surface area is 148 Å². The van der Waals surface area contributed by atoms with Crippen LogP contribution in [0.5, 0.6) is 0 Å². The van der Waals surface area contributed by atoms with E-state index in [4.69, 9.17) is 11.6 Å². The van der Waals surface area contributed by atoms with E-state index in [0.29, 0.717) is 0 Å². The van der Waals surface area contributed by atoms with Crippen LogP contribution in [-0.2, 0) is 0 Å². The van der Waals surface area contributed by atoms with Crippen molar-refractivity contribution >= 4 is 43.5 Å². The quantitative estimate of drug-likeness (QED) is 0.589. The van der Waals surface area contributed by atoms with E-state index in [1.165, 1.54) is 16.7 Å². The Kier molecular flexibility index (Phi) is 6.30. The van der Waals surface area contributed by atoms with Crippen molar-refractivity contribution in [1.82, 2.24) is 5.32 Å². The van der Waals surface area contributed by atoms with Crippen molar-refractivity contribution in [2.24, 2.45) is 0 Å². The highest BCUT2D eigenvalue weighted by atomic mass is 79.9. The maximum atomic E-state index is 6.01. The second kappa shape index (κ2) is 7.77. The summed E-state index contributed by atoms with van der Waals surface area (Å²) in [5.41, 5.74) is 3.66. The molecule has 0 spiro atoms. The van der Waals surface area contributed by atoms with E-state index in [0.717, 1.165) is 26.9 Å². The standard InChI is InChI=1S/C17H18Br2ClN/c1-3-8-21-17(12-4-6-13(20)7-5-12)14-10-15(18)11(2)9-16(14)19/h4-7,9-10,17,21H,3,8H2,1-2H3. The molecule has 2 aromatic carbocycles. The number of hydrogen-bond acceptors (Lipinski definition) is 1. The van der Waals surface area contributed by atoms with Crippen LogP contribution in [0.3, 0.4) is 0 Å². The summed E-state index contributed by atoms with van der Waals surface area (Å²) in [4.78, 5) is 0. The van der Waals surface area contributed by atoms with E-state index in [1.807, 2.05) is 12.1 Å². The number of benzene rings is 2. The zero-order valence-electron chi connectivity index (χ0n) is 12.1. The number of rotatable bonds is 5. The second-order valence-corrected chi connectivity index (χ2v) is 7.21. The van der Waals surface area contributed by atoms with Crippen LogP contribution in [0.1, 0.15) is 36.1 Å². The Morgan fingerprint density at radius 1 is 1.10 bits per heavy atom. The average molecular weight is 432 g/mol. The largest absolute Gasteiger partial charge is 0.306 e. The molecule has 1 unspecified atom stereocenters. The summed E-state index contributed by atoms with van der Waals surface area (Å²) in [6.07, 6.45) is 1.09. The number of aryl methyl sites for hydroxylation is 1. The molecule has 1 nitrogen and oxygen atoms in total. The molecule has 0 radical (unpaired) electrons. The number of hydrogen-bond donors (Lipinski definition) is 1. The molecule has 0 saturated carbocycles. The van der Waals surface area contributed by atoms with Gasteiger partial charge in [-0.2, -0.15) is 0 Å². The fraction of sp³-hybridized carbons (Fsp3) is 0.294. The molecular weight excluding hydrogens is 413 g/mol. The third kappa shape index (κ3) is 4.32. The van der Waals surface area contributed by atoms with Gasteiger partial charge in [0.15, 0.2) is 0 Å². The van der Waals surface area contributed by atoms with Crippen LogP contribution in [0.4, 0.5) is 0 Å². The zero-order valence-corrected chi connectivity index (χ0v) is 16.0. The van der Waals surface area contributed by atoms with E-state index in [2.05, 4.69) is 75.3 Å². The molecule has 1 N–H and O–H groups in total. The Hall–Kier alpha value is -0.350. The molecule has 0 aliphatic rings. The van der Waals surface area contributed by atoms with Crippen LogP contribution < -0.4 is 5.32 Å². The molecule has 0 amide bonds. The van der Waals surface area contributed by atoms with Crippen LogP contribution in [0.25, 0.3) is 0 Å². The predicted octanol–water partition coefficient (Wildman–Crippen LogP) is 6.26. The normalized spacial score (nSPS) is 12.4. The van der Waals surface area contributed by atoms with Crippen molar-refractivity contribution in [3.05, 3.63) is 67.1 Å². The Morgan fingerprint density at radius 2 is 1.76 bits per heavy atom. The molecule has 1 atom stereocenters. The minimum Gasteiger partial charge on any atom is -0.306 e. The van der Waals surface area contributed by atoms with Gasteiger partial charge in [-0.25, -0.2) is 0 Å². The predicted molar refractivity (Wildman–Crippen MR) is 98.2 cm³/mol. The lowest BCUT2D eigenvalue weighted by molar-refractivity contribution is 0.596. The van der Waals surface area contributed by atoms with Crippen LogP contribution in [0.2, 0.25) is 5.02 Å². The third-order valence-corrected chi connectivity index (χ3v) is 5.18. The molecule has 2 aromatic rings. The summed E-state index contributed by atoms with van der Waals surface area (Å²) < 4.78 is 2.24. The Balaban J connectivity index is 2.45. The van der Waals surface area contributed by atoms with Gasteiger partial charge in [0, 0.05) is 14.0 Å². The molecule has 21 heavy (non-hydrogen) atoms. The summed E-state index contributed by atoms with van der Waals surface area (Å²) in [6, 6.07) is 12.5. The first kappa shape index (κ1) is 17.0. The Bertz CT molecular complexity index is 611. The Morgan fingerprint density at radius 3 is 2.38 bits per heavy atom. The van der Waals surface area contributed by atoms with Gasteiger partial charge in [-0.15, -0.1) is 0 Å². The summed E-state index contributed by atoms with van der Waals surface area (Å²) in [6.45, 7) is 5.23. The van der Waals surface area contributed by atoms with Crippen molar-refractivity contribution in [3.8, 4) is 0 Å². The molecule has 0 saturated heterocycles. The molecule has 0 bridgehead atoms. The highest BCUT2D eigenvalue weighted by Gasteiger charge is 2.17. The van der Waals surface area contributed by atoms with Crippen molar-refractivity contribution in [2.45, 2.75) is 26.3 Å². The second-order valence-electron chi connectivity index (χ2n) is 5.06. The fourth-order valence-electron chi connectivity index (χ4n) is 2.23. The number of nitrogens with one attached hydrogen (secondary N) is 1. The molecule has 0 heterocycles. The molecule has 112 valence electrons. The van der Waals surface area contributed by atoms with Gasteiger partial charge in [0.25, 0.3) is 0 Å². The summed E-state index contributed by atoms with van der Waals surface area (Å²) in [5, 5.41) is 4.38. The van der Waals surface area contributed by atoms with E-state index in [1.54, 1.807) is 0 Å². The summed E-state index contributed by atoms with van der Waals surface area (Å²) in [7, 11) is 0. The molecule has 0 aliphatic heterocycles. The third-order valence-electron chi connectivity index (χ3n) is 3.39. The van der Waals surface area contributed by atoms with Gasteiger partial charge in [-0.05, 0) is 60.8 Å². The van der Waals surface area contributed by atoms with Gasteiger partial charge in [-0.3, -0.25) is 0 Å². The lowest BCUT2D eigenvalue weighted by Crippen LogP contribution is -2.23. The molecule has 0 fully saturated rings. The van der Waals surface area contributed by atoms with Crippen LogP contribution in [0.15, 0.2) is 45.3 Å². The van der Waals surface area contributed by atoms with Crippen LogP contribution in [0, 0.1) is 6.92 Å². The average Bonchev–Trinajstić information content (AvgIpc) is 2.46. The molecule has 2 rings (SSSR count). The van der Waals surface area contributed by atoms with E-state index < -0.39 is 0 Å². The highest BCUT2D eigenvalue weighted by molar-refractivity contribution is 9.11. The monoisotopic (exact) mass is 429 g/mol. The lowest BCUT2D eigenvalue weighted by atomic mass is 9.97. The van der Waals surface area contributed by atoms with Gasteiger partial charge in [-0.1, -0.05) is 62.5 Å².